The molecule has 0 fully saturated rings. The van der Waals surface area contributed by atoms with Crippen molar-refractivity contribution in [3.8, 4) is 5.82 Å². The molecule has 0 saturated heterocycles. The van der Waals surface area contributed by atoms with Crippen molar-refractivity contribution in [2.45, 2.75) is 33.1 Å². The van der Waals surface area contributed by atoms with Gasteiger partial charge in [-0.05, 0) is 48.9 Å². The average Bonchev–Trinajstić information content (AvgIpc) is 3.29. The minimum absolute atomic E-state index is 0.175. The number of aromatic amines is 1. The number of ether oxygens (including phenoxy) is 1. The normalized spacial score (nSPS) is 11.9. The lowest BCUT2D eigenvalue weighted by atomic mass is 9.92. The van der Waals surface area contributed by atoms with Gasteiger partial charge in [0, 0.05) is 22.2 Å². The van der Waals surface area contributed by atoms with Crippen molar-refractivity contribution in [1.82, 2.24) is 19.7 Å². The third kappa shape index (κ3) is 4.79. The Morgan fingerprint density at radius 2 is 1.85 bits per heavy atom. The van der Waals surface area contributed by atoms with Gasteiger partial charge in [-0.25, -0.2) is 9.78 Å². The molecule has 0 unspecified atom stereocenters. The van der Waals surface area contributed by atoms with E-state index in [1.54, 1.807) is 49.4 Å². The van der Waals surface area contributed by atoms with Crippen LogP contribution in [0.3, 0.4) is 0 Å². The van der Waals surface area contributed by atoms with Crippen LogP contribution in [0.2, 0.25) is 5.02 Å². The molecule has 4 aromatic rings. The summed E-state index contributed by atoms with van der Waals surface area (Å²) in [5, 5.41) is 8.06. The van der Waals surface area contributed by atoms with Crippen LogP contribution < -0.4 is 5.56 Å². The van der Waals surface area contributed by atoms with Crippen molar-refractivity contribution >= 4 is 40.8 Å². The summed E-state index contributed by atoms with van der Waals surface area (Å²) in [4.78, 5) is 30.4. The molecule has 0 spiro atoms. The number of hydrogen-bond donors (Lipinski definition) is 1. The smallest absolute Gasteiger partial charge is 0.338 e. The van der Waals surface area contributed by atoms with Gasteiger partial charge in [0.15, 0.2) is 5.82 Å². The van der Waals surface area contributed by atoms with E-state index in [1.165, 1.54) is 4.57 Å². The predicted molar refractivity (Wildman–Crippen MR) is 135 cm³/mol. The molecule has 0 aliphatic rings. The molecule has 0 aliphatic carbocycles. The summed E-state index contributed by atoms with van der Waals surface area (Å²) in [7, 11) is 0. The Labute approximate surface area is 202 Å². The Bertz CT molecular complexity index is 1440. The number of halogens is 1. The second-order valence-corrected chi connectivity index (χ2v) is 9.27. The highest BCUT2D eigenvalue weighted by atomic mass is 35.5. The van der Waals surface area contributed by atoms with Crippen LogP contribution in [0.5, 0.6) is 0 Å². The lowest BCUT2D eigenvalue weighted by Gasteiger charge is -2.14. The standard InChI is InChI=1S/C26H25ClN4O3/c1-5-34-25(33)17-9-13-21-20(14-17)28-19(12-8-16-6-10-18(27)11-7-16)24(32)31(21)23-15-22(29-30-23)26(2,3)4/h6-15H,5H2,1-4H3,(H,29,30)/b12-8+. The number of aromatic nitrogens is 4. The van der Waals surface area contributed by atoms with E-state index in [0.29, 0.717) is 27.4 Å². The predicted octanol–water partition coefficient (Wildman–Crippen LogP) is 5.41. The molecule has 7 nitrogen and oxygen atoms in total. The summed E-state index contributed by atoms with van der Waals surface area (Å²) >= 11 is 5.97. The molecular formula is C26H25ClN4O3. The number of benzene rings is 2. The van der Waals surface area contributed by atoms with Crippen molar-refractivity contribution < 1.29 is 9.53 Å². The first-order chi connectivity index (χ1) is 16.2. The van der Waals surface area contributed by atoms with E-state index in [-0.39, 0.29) is 23.3 Å². The molecule has 2 aromatic heterocycles. The molecule has 0 atom stereocenters. The van der Waals surface area contributed by atoms with Crippen molar-refractivity contribution in [1.29, 1.82) is 0 Å². The number of fused-ring (bicyclic) bond motifs is 1. The van der Waals surface area contributed by atoms with Gasteiger partial charge in [0.25, 0.3) is 5.56 Å². The highest BCUT2D eigenvalue weighted by molar-refractivity contribution is 6.30. The lowest BCUT2D eigenvalue weighted by molar-refractivity contribution is 0.0526. The molecule has 0 radical (unpaired) electrons. The summed E-state index contributed by atoms with van der Waals surface area (Å²) in [6.45, 7) is 8.19. The number of nitrogens with zero attached hydrogens (tertiary/aromatic N) is 3. The molecule has 34 heavy (non-hydrogen) atoms. The SMILES string of the molecule is CCOC(=O)c1ccc2c(c1)nc(/C=C/c1ccc(Cl)cc1)c(=O)n2-c1cc(C(C)(C)C)[nH]n1. The van der Waals surface area contributed by atoms with Crippen molar-refractivity contribution in [2.24, 2.45) is 0 Å². The summed E-state index contributed by atoms with van der Waals surface area (Å²) in [5.41, 5.74) is 2.84. The maximum atomic E-state index is 13.5. The van der Waals surface area contributed by atoms with Gasteiger partial charge >= 0.3 is 5.97 Å². The Morgan fingerprint density at radius 3 is 2.50 bits per heavy atom. The van der Waals surface area contributed by atoms with E-state index in [1.807, 2.05) is 18.2 Å². The van der Waals surface area contributed by atoms with Crippen LogP contribution in [0.4, 0.5) is 0 Å². The molecule has 0 amide bonds. The van der Waals surface area contributed by atoms with E-state index in [4.69, 9.17) is 16.3 Å². The molecule has 0 bridgehead atoms. The quantitative estimate of drug-likeness (QED) is 0.389. The number of nitrogens with one attached hydrogen (secondary N) is 1. The van der Waals surface area contributed by atoms with Crippen molar-refractivity contribution in [2.75, 3.05) is 6.61 Å². The maximum absolute atomic E-state index is 13.5. The Balaban J connectivity index is 1.91. The fraction of sp³-hybridized carbons (Fsp3) is 0.231. The number of H-pyrrole nitrogens is 1. The van der Waals surface area contributed by atoms with Crippen molar-refractivity contribution in [3.05, 3.63) is 86.4 Å². The number of rotatable bonds is 5. The topological polar surface area (TPSA) is 89.9 Å². The Morgan fingerprint density at radius 1 is 1.12 bits per heavy atom. The number of carbonyl (C=O) groups excluding carboxylic acids is 1. The van der Waals surface area contributed by atoms with E-state index in [0.717, 1.165) is 11.3 Å². The number of hydrogen-bond acceptors (Lipinski definition) is 5. The van der Waals surface area contributed by atoms with Gasteiger partial charge in [-0.2, -0.15) is 5.10 Å². The van der Waals surface area contributed by atoms with Crippen LogP contribution in [-0.4, -0.2) is 32.3 Å². The zero-order valence-electron chi connectivity index (χ0n) is 19.4. The molecule has 0 aliphatic heterocycles. The van der Waals surface area contributed by atoms with Gasteiger partial charge in [-0.15, -0.1) is 0 Å². The minimum atomic E-state index is -0.447. The zero-order chi connectivity index (χ0) is 24.5. The highest BCUT2D eigenvalue weighted by Gasteiger charge is 2.20. The lowest BCUT2D eigenvalue weighted by Crippen LogP contribution is -2.23. The summed E-state index contributed by atoms with van der Waals surface area (Å²) in [6.07, 6.45) is 3.44. The van der Waals surface area contributed by atoms with Crippen LogP contribution in [0, 0.1) is 0 Å². The fourth-order valence-corrected chi connectivity index (χ4v) is 3.57. The number of esters is 1. The van der Waals surface area contributed by atoms with E-state index >= 15 is 0 Å². The first kappa shape index (κ1) is 23.4. The highest BCUT2D eigenvalue weighted by Crippen LogP contribution is 2.23. The van der Waals surface area contributed by atoms with Crippen LogP contribution in [0.25, 0.3) is 29.0 Å². The molecular weight excluding hydrogens is 452 g/mol. The van der Waals surface area contributed by atoms with Crippen LogP contribution in [-0.2, 0) is 10.2 Å². The summed E-state index contributed by atoms with van der Waals surface area (Å²) in [6, 6.07) is 14.0. The van der Waals surface area contributed by atoms with Gasteiger partial charge in [-0.3, -0.25) is 14.5 Å². The molecule has 2 aromatic carbocycles. The van der Waals surface area contributed by atoms with Crippen LogP contribution >= 0.6 is 11.6 Å². The van der Waals surface area contributed by atoms with Crippen LogP contribution in [0.1, 0.15) is 55.0 Å². The number of carbonyl (C=O) groups is 1. The maximum Gasteiger partial charge on any atom is 0.338 e. The minimum Gasteiger partial charge on any atom is -0.462 e. The van der Waals surface area contributed by atoms with Gasteiger partial charge < -0.3 is 4.74 Å². The average molecular weight is 477 g/mol. The summed E-state index contributed by atoms with van der Waals surface area (Å²) in [5.74, 6) is 0.00403. The van der Waals surface area contributed by atoms with Crippen LogP contribution in [0.15, 0.2) is 53.3 Å². The summed E-state index contributed by atoms with van der Waals surface area (Å²) < 4.78 is 6.63. The molecule has 8 heteroatoms. The van der Waals surface area contributed by atoms with E-state index < -0.39 is 5.97 Å². The third-order valence-corrected chi connectivity index (χ3v) is 5.55. The second kappa shape index (κ2) is 9.27. The monoisotopic (exact) mass is 476 g/mol. The van der Waals surface area contributed by atoms with E-state index in [2.05, 4.69) is 36.0 Å². The van der Waals surface area contributed by atoms with Gasteiger partial charge in [0.05, 0.1) is 23.2 Å². The molecule has 0 saturated carbocycles. The molecule has 2 heterocycles. The first-order valence-electron chi connectivity index (χ1n) is 10.9. The van der Waals surface area contributed by atoms with Gasteiger partial charge in [0.2, 0.25) is 0 Å². The van der Waals surface area contributed by atoms with Crippen molar-refractivity contribution in [3.63, 3.8) is 0 Å². The Hall–Kier alpha value is -3.71. The van der Waals surface area contributed by atoms with E-state index in [9.17, 15) is 9.59 Å². The first-order valence-corrected chi connectivity index (χ1v) is 11.3. The molecule has 1 N–H and O–H groups in total. The van der Waals surface area contributed by atoms with Gasteiger partial charge in [0.1, 0.15) is 5.69 Å². The largest absolute Gasteiger partial charge is 0.462 e. The fourth-order valence-electron chi connectivity index (χ4n) is 3.44. The second-order valence-electron chi connectivity index (χ2n) is 8.84. The molecule has 174 valence electrons. The third-order valence-electron chi connectivity index (χ3n) is 5.30. The molecule has 4 rings (SSSR count). The zero-order valence-corrected chi connectivity index (χ0v) is 20.2. The van der Waals surface area contributed by atoms with Gasteiger partial charge in [-0.1, -0.05) is 50.6 Å². The Kier molecular flexibility index (Phi) is 6.39.